The van der Waals surface area contributed by atoms with Gasteiger partial charge in [0.05, 0.1) is 5.52 Å². The zero-order valence-corrected chi connectivity index (χ0v) is 23.2. The standard InChI is InChI=1S/C29H36F2N8/c1-17(2)39-18(3)35-28-24(30)6-20(7-26(28)39)23-8-27(32-11-25(23)31)37(5)29-33-9-19(10-34-29)12-38-15-21-13-36(4)14-22(21)16-38/h6-11,17,21-22,27,32H,12-16H2,1-5H3. The number of allylic oxidation sites excluding steroid dienone is 2. The minimum Gasteiger partial charge on any atom is -0.365 e. The van der Waals surface area contributed by atoms with Crippen LogP contribution in [0.25, 0.3) is 16.6 Å². The molecule has 6 rings (SSSR count). The van der Waals surface area contributed by atoms with Gasteiger partial charge in [0.1, 0.15) is 23.3 Å². The summed E-state index contributed by atoms with van der Waals surface area (Å²) in [5, 5.41) is 3.06. The largest absolute Gasteiger partial charge is 0.365 e. The Bertz CT molecular complexity index is 1430. The highest BCUT2D eigenvalue weighted by Gasteiger charge is 2.38. The van der Waals surface area contributed by atoms with Gasteiger partial charge in [0.15, 0.2) is 5.82 Å². The van der Waals surface area contributed by atoms with E-state index in [9.17, 15) is 0 Å². The SMILES string of the molecule is Cc1nc2c(F)cc(C3=CC(N(C)c4ncc(CN5CC6CN(C)CC6C5)cn4)NC=C3F)cc2n1C(C)C. The summed E-state index contributed by atoms with van der Waals surface area (Å²) < 4.78 is 32.1. The molecule has 10 heteroatoms. The molecule has 0 aliphatic carbocycles. The molecule has 3 aliphatic rings. The average Bonchev–Trinajstić information content (AvgIpc) is 3.54. The Morgan fingerprint density at radius 2 is 1.77 bits per heavy atom. The van der Waals surface area contributed by atoms with Crippen molar-refractivity contribution in [1.82, 2.24) is 34.6 Å². The number of hydrogen-bond donors (Lipinski definition) is 1. The topological polar surface area (TPSA) is 65.4 Å². The van der Waals surface area contributed by atoms with E-state index in [0.717, 1.165) is 42.9 Å². The third-order valence-corrected chi connectivity index (χ3v) is 8.29. The molecular weight excluding hydrogens is 498 g/mol. The molecule has 2 aromatic heterocycles. The van der Waals surface area contributed by atoms with Crippen LogP contribution in [-0.4, -0.2) is 75.8 Å². The number of rotatable bonds is 6. The Hall–Kier alpha value is -3.37. The predicted molar refractivity (Wildman–Crippen MR) is 149 cm³/mol. The summed E-state index contributed by atoms with van der Waals surface area (Å²) in [6, 6.07) is 3.27. The maximum Gasteiger partial charge on any atom is 0.226 e. The van der Waals surface area contributed by atoms with Gasteiger partial charge in [-0.25, -0.2) is 23.7 Å². The van der Waals surface area contributed by atoms with Crippen LogP contribution in [0.3, 0.4) is 0 Å². The summed E-state index contributed by atoms with van der Waals surface area (Å²) in [6.07, 6.45) is 6.41. The number of dihydropyridines is 1. The summed E-state index contributed by atoms with van der Waals surface area (Å²) in [5.41, 5.74) is 2.83. The number of likely N-dealkylation sites (tertiary alicyclic amines) is 2. The number of anilines is 1. The molecule has 3 unspecified atom stereocenters. The van der Waals surface area contributed by atoms with E-state index < -0.39 is 17.8 Å². The zero-order chi connectivity index (χ0) is 27.4. The normalized spacial score (nSPS) is 23.7. The Morgan fingerprint density at radius 3 is 2.44 bits per heavy atom. The second kappa shape index (κ2) is 9.98. The predicted octanol–water partition coefficient (Wildman–Crippen LogP) is 4.11. The number of benzene rings is 1. The Balaban J connectivity index is 1.20. The van der Waals surface area contributed by atoms with E-state index >= 15 is 8.78 Å². The number of likely N-dealkylation sites (N-methyl/N-ethyl adjacent to an activating group) is 1. The monoisotopic (exact) mass is 534 g/mol. The fraction of sp³-hybridized carbons (Fsp3) is 0.483. The second-order valence-corrected chi connectivity index (χ2v) is 11.6. The van der Waals surface area contributed by atoms with E-state index in [-0.39, 0.29) is 6.04 Å². The van der Waals surface area contributed by atoms with E-state index in [4.69, 9.17) is 0 Å². The van der Waals surface area contributed by atoms with Crippen LogP contribution in [0.5, 0.6) is 0 Å². The summed E-state index contributed by atoms with van der Waals surface area (Å²) in [7, 11) is 4.06. The number of halogens is 2. The van der Waals surface area contributed by atoms with Crippen molar-refractivity contribution in [2.24, 2.45) is 11.8 Å². The van der Waals surface area contributed by atoms with Crippen molar-refractivity contribution in [3.8, 4) is 0 Å². The Labute approximate surface area is 228 Å². The maximum atomic E-state index is 15.1. The van der Waals surface area contributed by atoms with Crippen molar-refractivity contribution in [2.45, 2.75) is 39.5 Å². The van der Waals surface area contributed by atoms with Crippen molar-refractivity contribution in [3.05, 3.63) is 65.4 Å². The number of aromatic nitrogens is 4. The molecule has 2 fully saturated rings. The molecule has 1 N–H and O–H groups in total. The van der Waals surface area contributed by atoms with E-state index in [1.165, 1.54) is 25.4 Å². The second-order valence-electron chi connectivity index (χ2n) is 11.6. The lowest BCUT2D eigenvalue weighted by Crippen LogP contribution is -2.42. The van der Waals surface area contributed by atoms with Gasteiger partial charge in [0, 0.05) is 75.5 Å². The van der Waals surface area contributed by atoms with Crippen LogP contribution in [0, 0.1) is 24.6 Å². The van der Waals surface area contributed by atoms with E-state index in [0.29, 0.717) is 28.1 Å². The smallest absolute Gasteiger partial charge is 0.226 e. The molecule has 3 aromatic rings. The van der Waals surface area contributed by atoms with Gasteiger partial charge in [0.2, 0.25) is 5.95 Å². The first-order valence-electron chi connectivity index (χ1n) is 13.6. The van der Waals surface area contributed by atoms with Gasteiger partial charge in [-0.3, -0.25) is 4.90 Å². The van der Waals surface area contributed by atoms with Gasteiger partial charge in [-0.1, -0.05) is 0 Å². The van der Waals surface area contributed by atoms with E-state index in [1.54, 1.807) is 6.08 Å². The zero-order valence-electron chi connectivity index (χ0n) is 23.2. The van der Waals surface area contributed by atoms with E-state index in [1.807, 2.05) is 55.7 Å². The fourth-order valence-electron chi connectivity index (χ4n) is 6.50. The Kier molecular flexibility index (Phi) is 6.63. The summed E-state index contributed by atoms with van der Waals surface area (Å²) in [5.74, 6) is 1.86. The maximum absolute atomic E-state index is 15.1. The van der Waals surface area contributed by atoms with Gasteiger partial charge >= 0.3 is 0 Å². The number of nitrogens with one attached hydrogen (secondary N) is 1. The van der Waals surface area contributed by atoms with Crippen LogP contribution in [-0.2, 0) is 6.54 Å². The first-order chi connectivity index (χ1) is 18.7. The molecule has 0 saturated carbocycles. The molecule has 0 spiro atoms. The summed E-state index contributed by atoms with van der Waals surface area (Å²) >= 11 is 0. The molecule has 206 valence electrons. The van der Waals surface area contributed by atoms with Gasteiger partial charge in [-0.05, 0) is 63.4 Å². The number of nitrogens with zero attached hydrogens (tertiary/aromatic N) is 7. The van der Waals surface area contributed by atoms with Crippen molar-refractivity contribution >= 4 is 22.6 Å². The van der Waals surface area contributed by atoms with Gasteiger partial charge in [0.25, 0.3) is 0 Å². The lowest BCUT2D eigenvalue weighted by molar-refractivity contribution is 0.271. The van der Waals surface area contributed by atoms with E-state index in [2.05, 4.69) is 37.1 Å². The molecule has 1 aromatic carbocycles. The van der Waals surface area contributed by atoms with Gasteiger partial charge in [-0.2, -0.15) is 0 Å². The molecule has 3 atom stereocenters. The highest BCUT2D eigenvalue weighted by molar-refractivity contribution is 5.86. The molecule has 0 amide bonds. The number of imidazole rings is 1. The van der Waals surface area contributed by atoms with Crippen molar-refractivity contribution in [2.75, 3.05) is 45.2 Å². The van der Waals surface area contributed by atoms with Crippen LogP contribution in [0.4, 0.5) is 14.7 Å². The molecule has 0 radical (unpaired) electrons. The molecule has 8 nitrogen and oxygen atoms in total. The first-order valence-corrected chi connectivity index (χ1v) is 13.6. The fourth-order valence-corrected chi connectivity index (χ4v) is 6.50. The van der Waals surface area contributed by atoms with Crippen LogP contribution in [0.1, 0.15) is 36.8 Å². The molecule has 0 bridgehead atoms. The first kappa shape index (κ1) is 25.9. The highest BCUT2D eigenvalue weighted by atomic mass is 19.1. The minimum atomic E-state index is -0.463. The molecule has 39 heavy (non-hydrogen) atoms. The van der Waals surface area contributed by atoms with Crippen LogP contribution >= 0.6 is 0 Å². The third-order valence-electron chi connectivity index (χ3n) is 8.29. The quantitative estimate of drug-likeness (QED) is 0.511. The van der Waals surface area contributed by atoms with Crippen molar-refractivity contribution in [3.63, 3.8) is 0 Å². The van der Waals surface area contributed by atoms with Crippen molar-refractivity contribution in [1.29, 1.82) is 0 Å². The molecular formula is C29H36F2N8. The number of fused-ring (bicyclic) bond motifs is 2. The molecule has 2 saturated heterocycles. The minimum absolute atomic E-state index is 0.0952. The van der Waals surface area contributed by atoms with Crippen LogP contribution < -0.4 is 10.2 Å². The average molecular weight is 535 g/mol. The molecule has 5 heterocycles. The Morgan fingerprint density at radius 1 is 1.08 bits per heavy atom. The lowest BCUT2D eigenvalue weighted by Gasteiger charge is -2.29. The highest BCUT2D eigenvalue weighted by Crippen LogP contribution is 2.33. The van der Waals surface area contributed by atoms with Crippen LogP contribution in [0.2, 0.25) is 0 Å². The van der Waals surface area contributed by atoms with Gasteiger partial charge < -0.3 is 19.7 Å². The van der Waals surface area contributed by atoms with Crippen LogP contribution in [0.15, 0.2) is 42.6 Å². The number of hydrogen-bond acceptors (Lipinski definition) is 7. The summed E-state index contributed by atoms with van der Waals surface area (Å²) in [4.78, 5) is 20.4. The lowest BCUT2D eigenvalue weighted by atomic mass is 10.0. The third kappa shape index (κ3) is 4.80. The van der Waals surface area contributed by atoms with Crippen molar-refractivity contribution < 1.29 is 8.78 Å². The summed E-state index contributed by atoms with van der Waals surface area (Å²) in [6.45, 7) is 11.4. The molecule has 3 aliphatic heterocycles. The number of aryl methyl sites for hydroxylation is 1. The van der Waals surface area contributed by atoms with Gasteiger partial charge in [-0.15, -0.1) is 0 Å².